The van der Waals surface area contributed by atoms with Gasteiger partial charge in [-0.3, -0.25) is 0 Å². The van der Waals surface area contributed by atoms with Crippen molar-refractivity contribution in [1.29, 1.82) is 0 Å². The van der Waals surface area contributed by atoms with E-state index in [0.29, 0.717) is 24.0 Å². The number of halogens is 2. The molecule has 0 aliphatic carbocycles. The zero-order valence-electron chi connectivity index (χ0n) is 13.1. The molecule has 2 heterocycles. The van der Waals surface area contributed by atoms with E-state index in [1.165, 1.54) is 4.31 Å². The van der Waals surface area contributed by atoms with Gasteiger partial charge < -0.3 is 9.47 Å². The third kappa shape index (κ3) is 2.85. The maximum atomic E-state index is 13.9. The second-order valence-corrected chi connectivity index (χ2v) is 7.94. The Morgan fingerprint density at radius 3 is 2.64 bits per heavy atom. The minimum Gasteiger partial charge on any atom is -0.454 e. The molecule has 0 radical (unpaired) electrons. The van der Waals surface area contributed by atoms with Gasteiger partial charge in [-0.15, -0.1) is 0 Å². The van der Waals surface area contributed by atoms with E-state index < -0.39 is 26.6 Å². The summed E-state index contributed by atoms with van der Waals surface area (Å²) in [5.41, 5.74) is 0.946. The molecule has 0 bridgehead atoms. The molecule has 0 spiro atoms. The molecule has 8 heteroatoms. The van der Waals surface area contributed by atoms with E-state index in [4.69, 9.17) is 9.47 Å². The fraction of sp³-hybridized carbons (Fsp3) is 0.294. The van der Waals surface area contributed by atoms with Crippen LogP contribution in [0.25, 0.3) is 0 Å². The summed E-state index contributed by atoms with van der Waals surface area (Å²) in [5, 5.41) is 0. The molecule has 132 valence electrons. The number of hydrogen-bond donors (Lipinski definition) is 0. The Balaban J connectivity index is 1.57. The molecule has 2 aromatic rings. The molecular weight excluding hydrogens is 352 g/mol. The Morgan fingerprint density at radius 1 is 1.04 bits per heavy atom. The van der Waals surface area contributed by atoms with Crippen molar-refractivity contribution in [3.63, 3.8) is 0 Å². The molecule has 1 atom stereocenters. The second-order valence-electron chi connectivity index (χ2n) is 6.04. The summed E-state index contributed by atoms with van der Waals surface area (Å²) < 4.78 is 64.1. The Bertz CT molecular complexity index is 932. The van der Waals surface area contributed by atoms with Gasteiger partial charge in [-0.2, -0.15) is 4.31 Å². The van der Waals surface area contributed by atoms with Crippen LogP contribution in [0, 0.1) is 11.6 Å². The topological polar surface area (TPSA) is 55.8 Å². The van der Waals surface area contributed by atoms with E-state index in [-0.39, 0.29) is 25.8 Å². The molecule has 1 fully saturated rings. The summed E-state index contributed by atoms with van der Waals surface area (Å²) in [7, 11) is -4.00. The summed E-state index contributed by atoms with van der Waals surface area (Å²) in [6, 6.07) is 8.02. The lowest BCUT2D eigenvalue weighted by atomic mass is 9.98. The zero-order chi connectivity index (χ0) is 17.6. The molecular formula is C17H15F2NO4S. The van der Waals surface area contributed by atoms with Crippen molar-refractivity contribution >= 4 is 10.0 Å². The lowest BCUT2D eigenvalue weighted by molar-refractivity contribution is 0.174. The average Bonchev–Trinajstić information content (AvgIpc) is 3.23. The highest BCUT2D eigenvalue weighted by Crippen LogP contribution is 2.38. The normalized spacial score (nSPS) is 20.2. The number of hydrogen-bond acceptors (Lipinski definition) is 4. The monoisotopic (exact) mass is 367 g/mol. The van der Waals surface area contributed by atoms with Crippen molar-refractivity contribution in [2.75, 3.05) is 19.9 Å². The van der Waals surface area contributed by atoms with Crippen LogP contribution in [0.5, 0.6) is 11.5 Å². The molecule has 1 saturated heterocycles. The number of rotatable bonds is 3. The summed E-state index contributed by atoms with van der Waals surface area (Å²) in [6.45, 7) is 0.685. The third-order valence-corrected chi connectivity index (χ3v) is 6.43. The first kappa shape index (κ1) is 16.3. The molecule has 0 aromatic heterocycles. The number of benzene rings is 2. The lowest BCUT2D eigenvalue weighted by Gasteiger charge is -2.17. The van der Waals surface area contributed by atoms with Gasteiger partial charge in [0.25, 0.3) is 0 Å². The molecule has 0 saturated carbocycles. The standard InChI is InChI=1S/C17H15F2NO4S/c18-13-2-4-17(14(19)8-13)25(21,22)20-6-5-12(9-20)11-1-3-15-16(7-11)24-10-23-15/h1-4,7-8,12H,5-6,9-10H2. The molecule has 1 unspecified atom stereocenters. The minimum atomic E-state index is -4.00. The van der Waals surface area contributed by atoms with Gasteiger partial charge in [0.15, 0.2) is 11.5 Å². The predicted octanol–water partition coefficient (Wildman–Crippen LogP) is 2.87. The van der Waals surface area contributed by atoms with Crippen LogP contribution >= 0.6 is 0 Å². The van der Waals surface area contributed by atoms with Crippen LogP contribution in [-0.2, 0) is 10.0 Å². The molecule has 0 N–H and O–H groups in total. The van der Waals surface area contributed by atoms with Crippen molar-refractivity contribution in [1.82, 2.24) is 4.31 Å². The van der Waals surface area contributed by atoms with Crippen molar-refractivity contribution in [2.24, 2.45) is 0 Å². The minimum absolute atomic E-state index is 0.0206. The van der Waals surface area contributed by atoms with Gasteiger partial charge in [-0.05, 0) is 42.2 Å². The first-order chi connectivity index (χ1) is 11.9. The van der Waals surface area contributed by atoms with E-state index >= 15 is 0 Å². The lowest BCUT2D eigenvalue weighted by Crippen LogP contribution is -2.29. The van der Waals surface area contributed by atoms with Crippen molar-refractivity contribution in [3.05, 3.63) is 53.6 Å². The van der Waals surface area contributed by atoms with E-state index in [9.17, 15) is 17.2 Å². The van der Waals surface area contributed by atoms with Gasteiger partial charge in [0.05, 0.1) is 0 Å². The van der Waals surface area contributed by atoms with E-state index in [0.717, 1.165) is 17.7 Å². The molecule has 4 rings (SSSR count). The third-order valence-electron chi connectivity index (χ3n) is 4.53. The molecule has 2 aromatic carbocycles. The fourth-order valence-electron chi connectivity index (χ4n) is 3.21. The average molecular weight is 367 g/mol. The smallest absolute Gasteiger partial charge is 0.246 e. The van der Waals surface area contributed by atoms with Gasteiger partial charge in [0.2, 0.25) is 16.8 Å². The summed E-state index contributed by atoms with van der Waals surface area (Å²) in [6.07, 6.45) is 0.613. The van der Waals surface area contributed by atoms with Crippen LogP contribution in [0.4, 0.5) is 8.78 Å². The van der Waals surface area contributed by atoms with Crippen molar-refractivity contribution in [3.8, 4) is 11.5 Å². The van der Waals surface area contributed by atoms with Gasteiger partial charge >= 0.3 is 0 Å². The Morgan fingerprint density at radius 2 is 1.84 bits per heavy atom. The Kier molecular flexibility index (Phi) is 3.88. The first-order valence-corrected chi connectivity index (χ1v) is 9.24. The van der Waals surface area contributed by atoms with Gasteiger partial charge in [-0.25, -0.2) is 17.2 Å². The molecule has 0 amide bonds. The van der Waals surface area contributed by atoms with E-state index in [1.54, 1.807) is 6.07 Å². The zero-order valence-corrected chi connectivity index (χ0v) is 13.9. The Labute approximate surface area is 143 Å². The van der Waals surface area contributed by atoms with Gasteiger partial charge in [0.1, 0.15) is 16.5 Å². The van der Waals surface area contributed by atoms with Crippen LogP contribution in [0.2, 0.25) is 0 Å². The van der Waals surface area contributed by atoms with Crippen LogP contribution < -0.4 is 9.47 Å². The van der Waals surface area contributed by atoms with Gasteiger partial charge in [0, 0.05) is 19.2 Å². The summed E-state index contributed by atoms with van der Waals surface area (Å²) in [4.78, 5) is -0.500. The van der Waals surface area contributed by atoms with Crippen LogP contribution in [0.1, 0.15) is 17.9 Å². The van der Waals surface area contributed by atoms with Gasteiger partial charge in [-0.1, -0.05) is 6.07 Å². The highest BCUT2D eigenvalue weighted by molar-refractivity contribution is 7.89. The van der Waals surface area contributed by atoms with Crippen LogP contribution in [-0.4, -0.2) is 32.6 Å². The SMILES string of the molecule is O=S(=O)(c1ccc(F)cc1F)N1CCC(c2ccc3c(c2)OCO3)C1. The van der Waals surface area contributed by atoms with Crippen LogP contribution in [0.3, 0.4) is 0 Å². The first-order valence-electron chi connectivity index (χ1n) is 7.80. The molecule has 2 aliphatic rings. The number of fused-ring (bicyclic) bond motifs is 1. The summed E-state index contributed by atoms with van der Waals surface area (Å²) >= 11 is 0. The Hall–Kier alpha value is -2.19. The maximum absolute atomic E-state index is 13.9. The predicted molar refractivity (Wildman–Crippen MR) is 85.0 cm³/mol. The quantitative estimate of drug-likeness (QED) is 0.837. The fourth-order valence-corrected chi connectivity index (χ4v) is 4.75. The highest BCUT2D eigenvalue weighted by Gasteiger charge is 2.35. The molecule has 2 aliphatic heterocycles. The van der Waals surface area contributed by atoms with Crippen molar-refractivity contribution < 1.29 is 26.7 Å². The van der Waals surface area contributed by atoms with E-state index in [2.05, 4.69) is 0 Å². The van der Waals surface area contributed by atoms with Crippen molar-refractivity contribution in [2.45, 2.75) is 17.2 Å². The number of ether oxygens (including phenoxy) is 2. The summed E-state index contributed by atoms with van der Waals surface area (Å²) in [5.74, 6) is -0.599. The second kappa shape index (κ2) is 5.96. The van der Waals surface area contributed by atoms with E-state index in [1.807, 2.05) is 12.1 Å². The van der Waals surface area contributed by atoms with Crippen LogP contribution in [0.15, 0.2) is 41.3 Å². The highest BCUT2D eigenvalue weighted by atomic mass is 32.2. The number of nitrogens with zero attached hydrogens (tertiary/aromatic N) is 1. The maximum Gasteiger partial charge on any atom is 0.246 e. The molecule has 25 heavy (non-hydrogen) atoms. The number of sulfonamides is 1. The molecule has 5 nitrogen and oxygen atoms in total. The largest absolute Gasteiger partial charge is 0.454 e.